The van der Waals surface area contributed by atoms with E-state index in [1.807, 2.05) is 62.6 Å². The molecule has 0 saturated carbocycles. The van der Waals surface area contributed by atoms with Gasteiger partial charge in [-0.2, -0.15) is 5.10 Å². The lowest BCUT2D eigenvalue weighted by molar-refractivity contribution is 0.387. The molecular formula is C35H39ClN10O2. The van der Waals surface area contributed by atoms with Crippen molar-refractivity contribution >= 4 is 17.3 Å². The van der Waals surface area contributed by atoms with E-state index in [1.54, 1.807) is 50.6 Å². The molecule has 0 amide bonds. The molecule has 0 aliphatic heterocycles. The van der Waals surface area contributed by atoms with Gasteiger partial charge in [-0.25, -0.2) is 9.97 Å². The van der Waals surface area contributed by atoms with Gasteiger partial charge in [0.05, 0.1) is 48.7 Å². The van der Waals surface area contributed by atoms with Crippen molar-refractivity contribution < 1.29 is 9.47 Å². The van der Waals surface area contributed by atoms with Crippen LogP contribution in [-0.4, -0.2) is 63.2 Å². The molecule has 0 bridgehead atoms. The highest BCUT2D eigenvalue weighted by atomic mass is 35.5. The predicted octanol–water partition coefficient (Wildman–Crippen LogP) is 5.11. The number of ether oxygens (including phenoxy) is 2. The minimum absolute atomic E-state index is 0.378. The standard InChI is InChI=1S/C35H39ClN10O2/c1-22-25(8-6-9-26(22)29-20-41-32(34(43-29)47-4)19-40-17-24-13-15-46(3)45-24)27-10-7-11-28(33(27)36)30-21-42-31(35(44-30)48-5)18-39-16-23(37)12-14-38-2/h6-15,20-21,37-40H,16-19H2,1-5H3/b14-12-,37-23?. The molecular weight excluding hydrogens is 628 g/mol. The first-order valence-corrected chi connectivity index (χ1v) is 15.7. The van der Waals surface area contributed by atoms with Crippen LogP contribution in [0.1, 0.15) is 22.6 Å². The predicted molar refractivity (Wildman–Crippen MR) is 188 cm³/mol. The Hall–Kier alpha value is -5.17. The van der Waals surface area contributed by atoms with E-state index >= 15 is 0 Å². The Morgan fingerprint density at radius 3 is 2.08 bits per heavy atom. The molecule has 5 aromatic rings. The zero-order valence-electron chi connectivity index (χ0n) is 27.6. The summed E-state index contributed by atoms with van der Waals surface area (Å²) in [5.41, 5.74) is 8.45. The second-order valence-electron chi connectivity index (χ2n) is 10.9. The number of aromatic nitrogens is 6. The third-order valence-electron chi connectivity index (χ3n) is 7.61. The molecule has 3 heterocycles. The number of benzene rings is 2. The summed E-state index contributed by atoms with van der Waals surface area (Å²) in [7, 11) is 6.84. The molecule has 4 N–H and O–H groups in total. The molecule has 0 atom stereocenters. The van der Waals surface area contributed by atoms with Gasteiger partial charge in [0.25, 0.3) is 0 Å². The number of hydrogen-bond acceptors (Lipinski definition) is 11. The van der Waals surface area contributed by atoms with Crippen LogP contribution in [0.25, 0.3) is 33.6 Å². The van der Waals surface area contributed by atoms with E-state index in [2.05, 4.69) is 26.0 Å². The van der Waals surface area contributed by atoms with Crippen molar-refractivity contribution in [3.63, 3.8) is 0 Å². The van der Waals surface area contributed by atoms with Gasteiger partial charge in [-0.05, 0) is 36.4 Å². The SMILES string of the molecule is CN/C=C\C(=N)CNCc1ncc(-c2cccc(-c3cccc(-c4cnc(CNCc5ccn(C)n5)c(OC)n4)c3C)c2Cl)nc1OC. The summed E-state index contributed by atoms with van der Waals surface area (Å²) in [4.78, 5) is 18.8. The third kappa shape index (κ3) is 8.03. The quantitative estimate of drug-likeness (QED) is 0.111. The van der Waals surface area contributed by atoms with Crippen LogP contribution in [0.15, 0.2) is 73.3 Å². The van der Waals surface area contributed by atoms with Crippen molar-refractivity contribution in [2.75, 3.05) is 27.8 Å². The first-order valence-electron chi connectivity index (χ1n) is 15.3. The van der Waals surface area contributed by atoms with Crippen molar-refractivity contribution in [2.45, 2.75) is 26.6 Å². The first kappa shape index (κ1) is 34.2. The molecule has 2 aromatic carbocycles. The fourth-order valence-electron chi connectivity index (χ4n) is 5.19. The Kier molecular flexibility index (Phi) is 11.5. The average molecular weight is 667 g/mol. The van der Waals surface area contributed by atoms with E-state index in [0.717, 1.165) is 33.5 Å². The molecule has 0 aliphatic rings. The first-order chi connectivity index (χ1) is 23.3. The van der Waals surface area contributed by atoms with E-state index in [4.69, 9.17) is 41.4 Å². The fourth-order valence-corrected chi connectivity index (χ4v) is 5.52. The van der Waals surface area contributed by atoms with E-state index in [-0.39, 0.29) is 0 Å². The summed E-state index contributed by atoms with van der Waals surface area (Å²) in [6.45, 7) is 3.91. The van der Waals surface area contributed by atoms with Crippen LogP contribution in [0.4, 0.5) is 0 Å². The monoisotopic (exact) mass is 666 g/mol. The molecule has 0 fully saturated rings. The van der Waals surface area contributed by atoms with Crippen LogP contribution < -0.4 is 25.4 Å². The van der Waals surface area contributed by atoms with Gasteiger partial charge in [-0.3, -0.25) is 14.6 Å². The largest absolute Gasteiger partial charge is 0.480 e. The second kappa shape index (κ2) is 16.1. The van der Waals surface area contributed by atoms with Gasteiger partial charge < -0.3 is 30.8 Å². The second-order valence-corrected chi connectivity index (χ2v) is 11.3. The smallest absolute Gasteiger partial charge is 0.237 e. The van der Waals surface area contributed by atoms with E-state index in [0.29, 0.717) is 71.4 Å². The number of methoxy groups -OCH3 is 2. The van der Waals surface area contributed by atoms with Gasteiger partial charge in [0.1, 0.15) is 11.4 Å². The van der Waals surface area contributed by atoms with Gasteiger partial charge in [-0.1, -0.05) is 48.0 Å². The summed E-state index contributed by atoms with van der Waals surface area (Å²) in [6, 6.07) is 13.9. The highest BCUT2D eigenvalue weighted by Crippen LogP contribution is 2.39. The van der Waals surface area contributed by atoms with Crippen molar-refractivity contribution in [3.8, 4) is 45.4 Å². The van der Waals surface area contributed by atoms with Crippen molar-refractivity contribution in [2.24, 2.45) is 7.05 Å². The van der Waals surface area contributed by atoms with Gasteiger partial charge in [0.15, 0.2) is 0 Å². The number of aryl methyl sites for hydroxylation is 1. The molecule has 248 valence electrons. The maximum absolute atomic E-state index is 7.98. The lowest BCUT2D eigenvalue weighted by atomic mass is 9.93. The van der Waals surface area contributed by atoms with Gasteiger partial charge in [0, 0.05) is 68.9 Å². The Morgan fingerprint density at radius 2 is 1.46 bits per heavy atom. The van der Waals surface area contributed by atoms with Gasteiger partial charge in [-0.15, -0.1) is 0 Å². The van der Waals surface area contributed by atoms with Crippen molar-refractivity contribution in [3.05, 3.63) is 101 Å². The third-order valence-corrected chi connectivity index (χ3v) is 8.02. The van der Waals surface area contributed by atoms with Crippen LogP contribution in [-0.2, 0) is 26.7 Å². The maximum atomic E-state index is 7.98. The Morgan fingerprint density at radius 1 is 0.854 bits per heavy atom. The summed E-state index contributed by atoms with van der Waals surface area (Å²) in [5, 5.41) is 22.4. The lowest BCUT2D eigenvalue weighted by Gasteiger charge is -2.16. The molecule has 5 rings (SSSR count). The molecule has 48 heavy (non-hydrogen) atoms. The summed E-state index contributed by atoms with van der Waals surface area (Å²) in [5.74, 6) is 0.848. The highest BCUT2D eigenvalue weighted by Gasteiger charge is 2.18. The molecule has 0 saturated heterocycles. The number of nitrogens with zero attached hydrogens (tertiary/aromatic N) is 6. The molecule has 3 aromatic heterocycles. The topological polar surface area (TPSA) is 148 Å². The summed E-state index contributed by atoms with van der Waals surface area (Å²) < 4.78 is 13.0. The van der Waals surface area contributed by atoms with Crippen molar-refractivity contribution in [1.29, 1.82) is 5.41 Å². The van der Waals surface area contributed by atoms with Crippen LogP contribution >= 0.6 is 11.6 Å². The summed E-state index contributed by atoms with van der Waals surface area (Å²) >= 11 is 7.09. The average Bonchev–Trinajstić information content (AvgIpc) is 3.52. The van der Waals surface area contributed by atoms with Crippen LogP contribution in [0, 0.1) is 12.3 Å². The zero-order valence-corrected chi connectivity index (χ0v) is 28.4. The van der Waals surface area contributed by atoms with E-state index < -0.39 is 0 Å². The van der Waals surface area contributed by atoms with Crippen LogP contribution in [0.5, 0.6) is 11.8 Å². The zero-order chi connectivity index (χ0) is 34.0. The van der Waals surface area contributed by atoms with Crippen LogP contribution in [0.2, 0.25) is 5.02 Å². The number of nitrogens with one attached hydrogen (secondary N) is 4. The number of hydrogen-bond donors (Lipinski definition) is 4. The lowest BCUT2D eigenvalue weighted by Crippen LogP contribution is -2.22. The molecule has 0 radical (unpaired) electrons. The molecule has 0 aliphatic carbocycles. The molecule has 0 unspecified atom stereocenters. The Bertz CT molecular complexity index is 1920. The Balaban J connectivity index is 1.37. The fraction of sp³-hybridized carbons (Fsp3) is 0.257. The van der Waals surface area contributed by atoms with E-state index in [9.17, 15) is 0 Å². The van der Waals surface area contributed by atoms with Crippen molar-refractivity contribution in [1.82, 2.24) is 45.7 Å². The van der Waals surface area contributed by atoms with Crippen LogP contribution in [0.3, 0.4) is 0 Å². The molecule has 0 spiro atoms. The molecule has 13 heteroatoms. The van der Waals surface area contributed by atoms with Gasteiger partial charge >= 0.3 is 0 Å². The van der Waals surface area contributed by atoms with Gasteiger partial charge in [0.2, 0.25) is 11.8 Å². The Labute approximate surface area is 285 Å². The number of rotatable bonds is 15. The summed E-state index contributed by atoms with van der Waals surface area (Å²) in [6.07, 6.45) is 8.77. The minimum Gasteiger partial charge on any atom is -0.480 e. The number of halogens is 1. The van der Waals surface area contributed by atoms with E-state index in [1.165, 1.54) is 0 Å². The highest BCUT2D eigenvalue weighted by molar-refractivity contribution is 6.36. The normalized spacial score (nSPS) is 11.2. The maximum Gasteiger partial charge on any atom is 0.237 e. The molecule has 12 nitrogen and oxygen atoms in total. The minimum atomic E-state index is 0.378.